The van der Waals surface area contributed by atoms with Crippen molar-refractivity contribution in [2.75, 3.05) is 20.8 Å². The first-order valence-electron chi connectivity index (χ1n) is 10.6. The first kappa shape index (κ1) is 23.3. The fourth-order valence-electron chi connectivity index (χ4n) is 3.87. The summed E-state index contributed by atoms with van der Waals surface area (Å²) in [4.78, 5) is 31.5. The molecule has 1 unspecified atom stereocenters. The Kier molecular flexibility index (Phi) is 6.56. The average Bonchev–Trinajstić information content (AvgIpc) is 3.12. The number of aromatic hydroxyl groups is 1. The lowest BCUT2D eigenvalue weighted by Gasteiger charge is -2.25. The number of carbonyl (C=O) groups excluding carboxylic acids is 1. The fourth-order valence-corrected chi connectivity index (χ4v) is 4.91. The van der Waals surface area contributed by atoms with Crippen molar-refractivity contribution in [2.24, 2.45) is 4.99 Å². The van der Waals surface area contributed by atoms with Crippen LogP contribution in [0.3, 0.4) is 0 Å². The molecule has 1 atom stereocenters. The maximum atomic E-state index is 13.6. The highest BCUT2D eigenvalue weighted by atomic mass is 32.1. The van der Waals surface area contributed by atoms with Gasteiger partial charge in [0.1, 0.15) is 5.75 Å². The third-order valence-electron chi connectivity index (χ3n) is 5.43. The van der Waals surface area contributed by atoms with E-state index >= 15 is 0 Å². The number of hydrogen-bond acceptors (Lipinski definition) is 8. The molecule has 0 saturated heterocycles. The summed E-state index contributed by atoms with van der Waals surface area (Å²) in [5, 5.41) is 10.1. The molecule has 9 heteroatoms. The number of hydrogen-bond donors (Lipinski definition) is 1. The maximum absolute atomic E-state index is 13.6. The minimum Gasteiger partial charge on any atom is -0.504 e. The first-order chi connectivity index (χ1) is 16.4. The van der Waals surface area contributed by atoms with Crippen LogP contribution < -0.4 is 24.4 Å². The van der Waals surface area contributed by atoms with Crippen LogP contribution in [-0.2, 0) is 9.53 Å². The number of allylic oxidation sites excluding steroid dienone is 1. The van der Waals surface area contributed by atoms with E-state index in [0.717, 1.165) is 0 Å². The van der Waals surface area contributed by atoms with E-state index in [1.807, 2.05) is 12.1 Å². The van der Waals surface area contributed by atoms with Crippen LogP contribution in [0.2, 0.25) is 0 Å². The number of nitrogens with zero attached hydrogens (tertiary/aromatic N) is 2. The molecule has 1 aromatic heterocycles. The number of benzene rings is 2. The topological polar surface area (TPSA) is 99.4 Å². The van der Waals surface area contributed by atoms with Crippen molar-refractivity contribution in [1.82, 2.24) is 4.57 Å². The van der Waals surface area contributed by atoms with Gasteiger partial charge in [-0.25, -0.2) is 9.79 Å². The molecule has 0 spiro atoms. The van der Waals surface area contributed by atoms with Crippen molar-refractivity contribution in [3.05, 3.63) is 84.5 Å². The number of ether oxygens (including phenoxy) is 3. The second kappa shape index (κ2) is 9.56. The monoisotopic (exact) mass is 480 g/mol. The molecule has 176 valence electrons. The summed E-state index contributed by atoms with van der Waals surface area (Å²) in [7, 11) is 3.02. The van der Waals surface area contributed by atoms with Gasteiger partial charge < -0.3 is 19.3 Å². The molecule has 34 heavy (non-hydrogen) atoms. The van der Waals surface area contributed by atoms with Crippen LogP contribution in [0, 0.1) is 0 Å². The van der Waals surface area contributed by atoms with Gasteiger partial charge in [-0.3, -0.25) is 9.36 Å². The van der Waals surface area contributed by atoms with E-state index in [9.17, 15) is 14.7 Å². The van der Waals surface area contributed by atoms with Gasteiger partial charge in [-0.1, -0.05) is 29.5 Å². The fraction of sp³-hybridized carbons (Fsp3) is 0.240. The molecule has 1 aliphatic rings. The molecule has 2 aromatic carbocycles. The number of fused-ring (bicyclic) bond motifs is 1. The van der Waals surface area contributed by atoms with Crippen molar-refractivity contribution in [1.29, 1.82) is 0 Å². The van der Waals surface area contributed by atoms with Gasteiger partial charge >= 0.3 is 5.97 Å². The predicted octanol–water partition coefficient (Wildman–Crippen LogP) is 2.52. The Balaban J connectivity index is 1.94. The third-order valence-corrected chi connectivity index (χ3v) is 6.41. The smallest absolute Gasteiger partial charge is 0.338 e. The minimum absolute atomic E-state index is 0.0290. The van der Waals surface area contributed by atoms with Gasteiger partial charge in [0.15, 0.2) is 16.3 Å². The Morgan fingerprint density at radius 1 is 1.21 bits per heavy atom. The van der Waals surface area contributed by atoms with Gasteiger partial charge in [-0.15, -0.1) is 0 Å². The first-order valence-corrected chi connectivity index (χ1v) is 11.4. The van der Waals surface area contributed by atoms with E-state index in [0.29, 0.717) is 43.2 Å². The SMILES string of the molecule is CCOC(=O)C1=C(C)N=c2s/c(=C\c3ccc(OC)c(O)c3)c(=O)n2C1c1cccc(OC)c1. The van der Waals surface area contributed by atoms with Crippen LogP contribution >= 0.6 is 11.3 Å². The Hall–Kier alpha value is -3.85. The number of aromatic nitrogens is 1. The summed E-state index contributed by atoms with van der Waals surface area (Å²) in [6.07, 6.45) is 1.68. The van der Waals surface area contributed by atoms with Gasteiger partial charge in [0.2, 0.25) is 0 Å². The number of methoxy groups -OCH3 is 2. The third kappa shape index (κ3) is 4.22. The number of esters is 1. The van der Waals surface area contributed by atoms with Crippen molar-refractivity contribution in [2.45, 2.75) is 19.9 Å². The summed E-state index contributed by atoms with van der Waals surface area (Å²) in [6.45, 7) is 3.66. The lowest BCUT2D eigenvalue weighted by Crippen LogP contribution is -2.39. The highest BCUT2D eigenvalue weighted by Gasteiger charge is 2.33. The zero-order valence-corrected chi connectivity index (χ0v) is 20.0. The van der Waals surface area contributed by atoms with E-state index in [1.165, 1.54) is 29.1 Å². The molecule has 0 amide bonds. The minimum atomic E-state index is -0.725. The Labute approximate surface area is 199 Å². The Morgan fingerprint density at radius 3 is 2.68 bits per heavy atom. The summed E-state index contributed by atoms with van der Waals surface area (Å²) in [6, 6.07) is 11.4. The number of phenols is 1. The summed E-state index contributed by atoms with van der Waals surface area (Å²) >= 11 is 1.21. The quantitative estimate of drug-likeness (QED) is 0.545. The van der Waals surface area contributed by atoms with Crippen molar-refractivity contribution in [3.8, 4) is 17.2 Å². The van der Waals surface area contributed by atoms with Gasteiger partial charge in [-0.05, 0) is 55.3 Å². The average molecular weight is 481 g/mol. The molecule has 0 saturated carbocycles. The summed E-state index contributed by atoms with van der Waals surface area (Å²) in [5.41, 5.74) is 1.81. The summed E-state index contributed by atoms with van der Waals surface area (Å²) in [5.74, 6) is 0.391. The zero-order valence-electron chi connectivity index (χ0n) is 19.2. The van der Waals surface area contributed by atoms with Gasteiger partial charge in [0, 0.05) is 0 Å². The van der Waals surface area contributed by atoms with Crippen molar-refractivity contribution in [3.63, 3.8) is 0 Å². The van der Waals surface area contributed by atoms with E-state index in [4.69, 9.17) is 14.2 Å². The standard InChI is InChI=1S/C25H24N2O6S/c1-5-33-24(30)21-14(2)26-25-27(22(21)16-7-6-8-17(13-16)31-3)23(29)20(34-25)12-15-9-10-19(32-4)18(28)11-15/h6-13,22,28H,5H2,1-4H3/b20-12-. The Morgan fingerprint density at radius 2 is 2.00 bits per heavy atom. The van der Waals surface area contributed by atoms with Crippen LogP contribution in [0.25, 0.3) is 6.08 Å². The van der Waals surface area contributed by atoms with E-state index < -0.39 is 12.0 Å². The molecule has 8 nitrogen and oxygen atoms in total. The van der Waals surface area contributed by atoms with Gasteiger partial charge in [0.25, 0.3) is 5.56 Å². The predicted molar refractivity (Wildman–Crippen MR) is 128 cm³/mol. The number of carbonyl (C=O) groups is 1. The number of thiazole rings is 1. The van der Waals surface area contributed by atoms with Crippen LogP contribution in [0.15, 0.2) is 63.5 Å². The summed E-state index contributed by atoms with van der Waals surface area (Å²) < 4.78 is 17.7. The largest absolute Gasteiger partial charge is 0.504 e. The van der Waals surface area contributed by atoms with Gasteiger partial charge in [0.05, 0.1) is 42.7 Å². The van der Waals surface area contributed by atoms with Crippen LogP contribution in [-0.4, -0.2) is 36.5 Å². The molecule has 0 aliphatic carbocycles. The van der Waals surface area contributed by atoms with Gasteiger partial charge in [-0.2, -0.15) is 0 Å². The molecule has 2 heterocycles. The van der Waals surface area contributed by atoms with Crippen LogP contribution in [0.1, 0.15) is 31.0 Å². The molecule has 0 fully saturated rings. The molecule has 1 aliphatic heterocycles. The molecule has 0 radical (unpaired) electrons. The molecular formula is C25H24N2O6S. The highest BCUT2D eigenvalue weighted by molar-refractivity contribution is 7.07. The lowest BCUT2D eigenvalue weighted by molar-refractivity contribution is -0.139. The maximum Gasteiger partial charge on any atom is 0.338 e. The molecule has 3 aromatic rings. The molecule has 0 bridgehead atoms. The molecule has 1 N–H and O–H groups in total. The van der Waals surface area contributed by atoms with E-state index in [-0.39, 0.29) is 17.9 Å². The van der Waals surface area contributed by atoms with Crippen LogP contribution in [0.5, 0.6) is 17.2 Å². The second-order valence-corrected chi connectivity index (χ2v) is 8.52. The normalized spacial score (nSPS) is 15.5. The van der Waals surface area contributed by atoms with E-state index in [2.05, 4.69) is 4.99 Å². The molecule has 4 rings (SSSR count). The second-order valence-electron chi connectivity index (χ2n) is 7.51. The van der Waals surface area contributed by atoms with Crippen molar-refractivity contribution >= 4 is 23.4 Å². The Bertz CT molecular complexity index is 1470. The highest BCUT2D eigenvalue weighted by Crippen LogP contribution is 2.32. The van der Waals surface area contributed by atoms with Crippen LogP contribution in [0.4, 0.5) is 0 Å². The number of phenolic OH excluding ortho intramolecular Hbond substituents is 1. The number of rotatable bonds is 6. The lowest BCUT2D eigenvalue weighted by atomic mass is 9.95. The molecular weight excluding hydrogens is 456 g/mol. The van der Waals surface area contributed by atoms with Crippen molar-refractivity contribution < 1.29 is 24.1 Å². The van der Waals surface area contributed by atoms with E-state index in [1.54, 1.807) is 51.3 Å². The zero-order chi connectivity index (χ0) is 24.4.